The van der Waals surface area contributed by atoms with Crippen molar-refractivity contribution in [2.45, 2.75) is 26.8 Å². The molecule has 1 amide bonds. The molecular formula is C16H27N3O2. The van der Waals surface area contributed by atoms with Gasteiger partial charge in [0.1, 0.15) is 0 Å². The minimum absolute atomic E-state index is 0.0225. The van der Waals surface area contributed by atoms with Gasteiger partial charge in [0.15, 0.2) is 0 Å². The second-order valence-corrected chi connectivity index (χ2v) is 5.00. The molecule has 0 aliphatic heterocycles. The molecule has 0 fully saturated rings. The lowest BCUT2D eigenvalue weighted by Gasteiger charge is -2.21. The zero-order chi connectivity index (χ0) is 15.7. The number of methoxy groups -OCH3 is 1. The van der Waals surface area contributed by atoms with Crippen molar-refractivity contribution in [2.75, 3.05) is 43.6 Å². The van der Waals surface area contributed by atoms with Crippen LogP contribution in [0.25, 0.3) is 0 Å². The summed E-state index contributed by atoms with van der Waals surface area (Å²) < 4.78 is 4.98. The number of hydrogen-bond acceptors (Lipinski definition) is 4. The molecular weight excluding hydrogens is 266 g/mol. The van der Waals surface area contributed by atoms with E-state index in [4.69, 9.17) is 4.74 Å². The molecule has 1 unspecified atom stereocenters. The van der Waals surface area contributed by atoms with Crippen molar-refractivity contribution in [3.63, 3.8) is 0 Å². The molecule has 0 radical (unpaired) electrons. The van der Waals surface area contributed by atoms with E-state index in [0.717, 1.165) is 18.8 Å². The van der Waals surface area contributed by atoms with Crippen molar-refractivity contribution in [1.29, 1.82) is 0 Å². The number of rotatable bonds is 9. The molecule has 0 bridgehead atoms. The monoisotopic (exact) mass is 293 g/mol. The average molecular weight is 293 g/mol. The van der Waals surface area contributed by atoms with E-state index in [2.05, 4.69) is 41.5 Å². The molecule has 0 aliphatic rings. The van der Waals surface area contributed by atoms with Gasteiger partial charge in [-0.1, -0.05) is 0 Å². The number of ether oxygens (including phenoxy) is 1. The number of anilines is 2. The van der Waals surface area contributed by atoms with Gasteiger partial charge in [0.2, 0.25) is 5.91 Å². The van der Waals surface area contributed by atoms with Gasteiger partial charge in [-0.05, 0) is 45.0 Å². The fourth-order valence-corrected chi connectivity index (χ4v) is 2.18. The first kappa shape index (κ1) is 17.3. The van der Waals surface area contributed by atoms with Gasteiger partial charge in [-0.3, -0.25) is 4.79 Å². The van der Waals surface area contributed by atoms with Gasteiger partial charge in [-0.2, -0.15) is 0 Å². The molecule has 118 valence electrons. The summed E-state index contributed by atoms with van der Waals surface area (Å²) in [5, 5.41) is 5.99. The van der Waals surface area contributed by atoms with Crippen molar-refractivity contribution in [2.24, 2.45) is 0 Å². The van der Waals surface area contributed by atoms with Gasteiger partial charge >= 0.3 is 0 Å². The molecule has 1 atom stereocenters. The van der Waals surface area contributed by atoms with E-state index in [-0.39, 0.29) is 18.5 Å². The van der Waals surface area contributed by atoms with Gasteiger partial charge in [-0.15, -0.1) is 0 Å². The topological polar surface area (TPSA) is 53.6 Å². The first-order valence-electron chi connectivity index (χ1n) is 7.47. The second-order valence-electron chi connectivity index (χ2n) is 5.00. The Morgan fingerprint density at radius 3 is 2.38 bits per heavy atom. The predicted octanol–water partition coefficient (Wildman–Crippen LogP) is 2.10. The third-order valence-electron chi connectivity index (χ3n) is 3.27. The van der Waals surface area contributed by atoms with Crippen LogP contribution in [0, 0.1) is 0 Å². The maximum Gasteiger partial charge on any atom is 0.239 e. The van der Waals surface area contributed by atoms with E-state index in [1.807, 2.05) is 19.1 Å². The first-order chi connectivity index (χ1) is 10.1. The average Bonchev–Trinajstić information content (AvgIpc) is 2.48. The molecule has 1 rings (SSSR count). The van der Waals surface area contributed by atoms with Crippen LogP contribution in [0.1, 0.15) is 20.8 Å². The minimum Gasteiger partial charge on any atom is -0.383 e. The zero-order valence-corrected chi connectivity index (χ0v) is 13.5. The first-order valence-corrected chi connectivity index (χ1v) is 7.47. The van der Waals surface area contributed by atoms with Crippen molar-refractivity contribution < 1.29 is 9.53 Å². The van der Waals surface area contributed by atoms with Crippen molar-refractivity contribution in [3.8, 4) is 0 Å². The van der Waals surface area contributed by atoms with Crippen molar-refractivity contribution >= 4 is 17.3 Å². The molecule has 0 heterocycles. The minimum atomic E-state index is -0.0348. The van der Waals surface area contributed by atoms with Crippen LogP contribution >= 0.6 is 0 Å². The SMILES string of the molecule is CCN(CC)c1ccc(NCC(=O)NC(C)COC)cc1. The van der Waals surface area contributed by atoms with E-state index in [1.165, 1.54) is 5.69 Å². The third-order valence-corrected chi connectivity index (χ3v) is 3.27. The summed E-state index contributed by atoms with van der Waals surface area (Å²) in [4.78, 5) is 14.0. The van der Waals surface area contributed by atoms with Gasteiger partial charge in [0.05, 0.1) is 13.2 Å². The molecule has 5 heteroatoms. The molecule has 0 spiro atoms. The maximum atomic E-state index is 11.7. The van der Waals surface area contributed by atoms with E-state index in [9.17, 15) is 4.79 Å². The van der Waals surface area contributed by atoms with Crippen LogP contribution in [-0.2, 0) is 9.53 Å². The fourth-order valence-electron chi connectivity index (χ4n) is 2.18. The third kappa shape index (κ3) is 6.04. The summed E-state index contributed by atoms with van der Waals surface area (Å²) >= 11 is 0. The van der Waals surface area contributed by atoms with Crippen LogP contribution in [0.4, 0.5) is 11.4 Å². The molecule has 0 saturated heterocycles. The molecule has 1 aromatic carbocycles. The Morgan fingerprint density at radius 2 is 1.86 bits per heavy atom. The van der Waals surface area contributed by atoms with Crippen molar-refractivity contribution in [1.82, 2.24) is 5.32 Å². The predicted molar refractivity (Wildman–Crippen MR) is 88.0 cm³/mol. The Labute approximate surface area is 127 Å². The second kappa shape index (κ2) is 9.23. The summed E-state index contributed by atoms with van der Waals surface area (Å²) in [6.07, 6.45) is 0. The van der Waals surface area contributed by atoms with E-state index < -0.39 is 0 Å². The van der Waals surface area contributed by atoms with Crippen LogP contribution in [0.15, 0.2) is 24.3 Å². The highest BCUT2D eigenvalue weighted by molar-refractivity contribution is 5.81. The lowest BCUT2D eigenvalue weighted by atomic mass is 10.2. The standard InChI is InChI=1S/C16H27N3O2/c1-5-19(6-2)15-9-7-14(8-10-15)17-11-16(20)18-13(3)12-21-4/h7-10,13,17H,5-6,11-12H2,1-4H3,(H,18,20). The van der Waals surface area contributed by atoms with Crippen LogP contribution in [-0.4, -0.2) is 45.3 Å². The quantitative estimate of drug-likeness (QED) is 0.732. The summed E-state index contributed by atoms with van der Waals surface area (Å²) in [6, 6.07) is 8.16. The number of carbonyl (C=O) groups is 1. The summed E-state index contributed by atoms with van der Waals surface area (Å²) in [6.45, 7) is 8.96. The Balaban J connectivity index is 2.44. The van der Waals surface area contributed by atoms with E-state index >= 15 is 0 Å². The highest BCUT2D eigenvalue weighted by atomic mass is 16.5. The lowest BCUT2D eigenvalue weighted by molar-refractivity contribution is -0.120. The molecule has 21 heavy (non-hydrogen) atoms. The van der Waals surface area contributed by atoms with Crippen LogP contribution in [0.3, 0.4) is 0 Å². The Kier molecular flexibility index (Phi) is 7.61. The molecule has 5 nitrogen and oxygen atoms in total. The normalized spacial score (nSPS) is 11.8. The number of hydrogen-bond donors (Lipinski definition) is 2. The zero-order valence-electron chi connectivity index (χ0n) is 13.5. The molecule has 0 aliphatic carbocycles. The number of nitrogens with one attached hydrogen (secondary N) is 2. The molecule has 0 saturated carbocycles. The molecule has 1 aromatic rings. The molecule has 0 aromatic heterocycles. The Hall–Kier alpha value is -1.75. The van der Waals surface area contributed by atoms with E-state index in [1.54, 1.807) is 7.11 Å². The number of carbonyl (C=O) groups excluding carboxylic acids is 1. The number of amides is 1. The van der Waals surface area contributed by atoms with E-state index in [0.29, 0.717) is 6.61 Å². The van der Waals surface area contributed by atoms with Gasteiger partial charge in [0, 0.05) is 37.6 Å². The Bertz CT molecular complexity index is 416. The fraction of sp³-hybridized carbons (Fsp3) is 0.562. The van der Waals surface area contributed by atoms with Crippen LogP contribution < -0.4 is 15.5 Å². The van der Waals surface area contributed by atoms with Gasteiger partial charge in [0.25, 0.3) is 0 Å². The summed E-state index contributed by atoms with van der Waals surface area (Å²) in [5.41, 5.74) is 2.14. The smallest absolute Gasteiger partial charge is 0.239 e. The summed E-state index contributed by atoms with van der Waals surface area (Å²) in [5.74, 6) is -0.0348. The van der Waals surface area contributed by atoms with Gasteiger partial charge < -0.3 is 20.3 Å². The lowest BCUT2D eigenvalue weighted by Crippen LogP contribution is -2.39. The van der Waals surface area contributed by atoms with Crippen LogP contribution in [0.2, 0.25) is 0 Å². The summed E-state index contributed by atoms with van der Waals surface area (Å²) in [7, 11) is 1.62. The van der Waals surface area contributed by atoms with Crippen molar-refractivity contribution in [3.05, 3.63) is 24.3 Å². The van der Waals surface area contributed by atoms with Crippen LogP contribution in [0.5, 0.6) is 0 Å². The number of benzene rings is 1. The highest BCUT2D eigenvalue weighted by Crippen LogP contribution is 2.17. The number of nitrogens with zero attached hydrogens (tertiary/aromatic N) is 1. The largest absolute Gasteiger partial charge is 0.383 e. The highest BCUT2D eigenvalue weighted by Gasteiger charge is 2.07. The molecule has 2 N–H and O–H groups in total. The maximum absolute atomic E-state index is 11.7. The van der Waals surface area contributed by atoms with Gasteiger partial charge in [-0.25, -0.2) is 0 Å². The Morgan fingerprint density at radius 1 is 1.24 bits per heavy atom.